The highest BCUT2D eigenvalue weighted by atomic mass is 32.2. The van der Waals surface area contributed by atoms with Crippen LogP contribution < -0.4 is 5.32 Å². The smallest absolute Gasteiger partial charge is 0.252 e. The number of hydrogen-bond donors (Lipinski definition) is 1. The SMILES string of the molecule is O=C(NCc1cccnc1)[C@@H]1CN(S(=O)(=O)c2cccs2)CC12CCCCC2. The second-order valence-corrected chi connectivity index (χ2v) is 10.9. The van der Waals surface area contributed by atoms with E-state index in [1.54, 1.807) is 34.2 Å². The maximum atomic E-state index is 13.1. The van der Waals surface area contributed by atoms with Crippen molar-refractivity contribution in [2.45, 2.75) is 42.9 Å². The topological polar surface area (TPSA) is 79.4 Å². The molecule has 1 aliphatic heterocycles. The molecule has 0 bridgehead atoms. The first kappa shape index (κ1) is 19.5. The Bertz CT molecular complexity index is 907. The van der Waals surface area contributed by atoms with Gasteiger partial charge in [-0.3, -0.25) is 9.78 Å². The highest BCUT2D eigenvalue weighted by Crippen LogP contribution is 2.49. The largest absolute Gasteiger partial charge is 0.352 e. The van der Waals surface area contributed by atoms with Crippen molar-refractivity contribution in [2.24, 2.45) is 11.3 Å². The summed E-state index contributed by atoms with van der Waals surface area (Å²) >= 11 is 1.23. The molecule has 2 aromatic heterocycles. The molecule has 1 saturated heterocycles. The minimum absolute atomic E-state index is 0.0466. The number of hydrogen-bond acceptors (Lipinski definition) is 5. The highest BCUT2D eigenvalue weighted by Gasteiger charge is 2.53. The normalized spacial score (nSPS) is 22.4. The Morgan fingerprint density at radius 1 is 1.25 bits per heavy atom. The van der Waals surface area contributed by atoms with Crippen molar-refractivity contribution in [3.8, 4) is 0 Å². The van der Waals surface area contributed by atoms with Gasteiger partial charge in [-0.25, -0.2) is 8.42 Å². The summed E-state index contributed by atoms with van der Waals surface area (Å²) < 4.78 is 28.0. The van der Waals surface area contributed by atoms with Gasteiger partial charge in [0.05, 0.1) is 5.92 Å². The van der Waals surface area contributed by atoms with Crippen LogP contribution in [-0.4, -0.2) is 36.7 Å². The maximum Gasteiger partial charge on any atom is 0.252 e. The molecule has 6 nitrogen and oxygen atoms in total. The molecule has 1 saturated carbocycles. The van der Waals surface area contributed by atoms with Crippen LogP contribution >= 0.6 is 11.3 Å². The van der Waals surface area contributed by atoms with E-state index in [2.05, 4.69) is 10.3 Å². The van der Waals surface area contributed by atoms with Gasteiger partial charge in [-0.15, -0.1) is 11.3 Å². The summed E-state index contributed by atoms with van der Waals surface area (Å²) in [5, 5.41) is 4.80. The first-order valence-electron chi connectivity index (χ1n) is 9.72. The van der Waals surface area contributed by atoms with E-state index in [1.807, 2.05) is 12.1 Å². The van der Waals surface area contributed by atoms with Crippen LogP contribution in [0.15, 0.2) is 46.2 Å². The van der Waals surface area contributed by atoms with E-state index in [9.17, 15) is 13.2 Å². The van der Waals surface area contributed by atoms with Gasteiger partial charge in [-0.2, -0.15) is 4.31 Å². The van der Waals surface area contributed by atoms with Crippen LogP contribution in [0.2, 0.25) is 0 Å². The molecular weight excluding hydrogens is 394 g/mol. The molecule has 4 rings (SSSR count). The Hall–Kier alpha value is -1.77. The predicted octanol–water partition coefficient (Wildman–Crippen LogP) is 3.03. The number of thiophene rings is 1. The Morgan fingerprint density at radius 3 is 2.75 bits per heavy atom. The van der Waals surface area contributed by atoms with Gasteiger partial charge < -0.3 is 5.32 Å². The van der Waals surface area contributed by atoms with E-state index in [1.165, 1.54) is 11.3 Å². The van der Waals surface area contributed by atoms with Crippen molar-refractivity contribution in [3.63, 3.8) is 0 Å². The Labute approximate surface area is 170 Å². The zero-order chi connectivity index (χ0) is 19.6. The van der Waals surface area contributed by atoms with Crippen LogP contribution in [-0.2, 0) is 21.4 Å². The van der Waals surface area contributed by atoms with Gasteiger partial charge >= 0.3 is 0 Å². The molecule has 0 aromatic carbocycles. The monoisotopic (exact) mass is 419 g/mol. The lowest BCUT2D eigenvalue weighted by Gasteiger charge is -2.37. The lowest BCUT2D eigenvalue weighted by Crippen LogP contribution is -2.42. The fraction of sp³-hybridized carbons (Fsp3) is 0.500. The second kappa shape index (κ2) is 7.93. The number of nitrogens with zero attached hydrogens (tertiary/aromatic N) is 2. The molecule has 2 aliphatic rings. The Morgan fingerprint density at radius 2 is 2.07 bits per heavy atom. The number of carbonyl (C=O) groups is 1. The fourth-order valence-corrected chi connectivity index (χ4v) is 7.28. The number of sulfonamides is 1. The first-order valence-corrected chi connectivity index (χ1v) is 12.0. The summed E-state index contributed by atoms with van der Waals surface area (Å²) in [6, 6.07) is 7.16. The summed E-state index contributed by atoms with van der Waals surface area (Å²) in [6.45, 7) is 1.12. The number of aromatic nitrogens is 1. The van der Waals surface area contributed by atoms with E-state index in [-0.39, 0.29) is 23.8 Å². The summed E-state index contributed by atoms with van der Waals surface area (Å²) in [5.41, 5.74) is 0.691. The summed E-state index contributed by atoms with van der Waals surface area (Å²) in [6.07, 6.45) is 8.52. The zero-order valence-corrected chi connectivity index (χ0v) is 17.3. The maximum absolute atomic E-state index is 13.1. The molecule has 1 amide bonds. The number of pyridine rings is 1. The van der Waals surface area contributed by atoms with E-state index >= 15 is 0 Å². The van der Waals surface area contributed by atoms with Gasteiger partial charge in [0.15, 0.2) is 0 Å². The van der Waals surface area contributed by atoms with Crippen molar-refractivity contribution >= 4 is 27.3 Å². The van der Waals surface area contributed by atoms with Crippen molar-refractivity contribution in [1.82, 2.24) is 14.6 Å². The van der Waals surface area contributed by atoms with E-state index < -0.39 is 10.0 Å². The van der Waals surface area contributed by atoms with Crippen LogP contribution in [0.5, 0.6) is 0 Å². The zero-order valence-electron chi connectivity index (χ0n) is 15.7. The molecule has 0 unspecified atom stereocenters. The quantitative estimate of drug-likeness (QED) is 0.808. The van der Waals surface area contributed by atoms with Gasteiger partial charge in [-0.05, 0) is 41.3 Å². The molecule has 0 radical (unpaired) electrons. The molecule has 1 atom stereocenters. The third kappa shape index (κ3) is 3.73. The van der Waals surface area contributed by atoms with Crippen molar-refractivity contribution < 1.29 is 13.2 Å². The van der Waals surface area contributed by atoms with Crippen LogP contribution in [0.1, 0.15) is 37.7 Å². The molecule has 150 valence electrons. The third-order valence-corrected chi connectivity index (χ3v) is 9.25. The van der Waals surface area contributed by atoms with Gasteiger partial charge in [0.1, 0.15) is 4.21 Å². The van der Waals surface area contributed by atoms with Crippen LogP contribution in [0.25, 0.3) is 0 Å². The molecule has 8 heteroatoms. The summed E-state index contributed by atoms with van der Waals surface area (Å²) in [5.74, 6) is -0.353. The fourth-order valence-electron chi connectivity index (χ4n) is 4.58. The standard InChI is InChI=1S/C20H25N3O3S2/c24-19(22-13-16-6-4-10-21-12-16)17-14-23(15-20(17)8-2-1-3-9-20)28(25,26)18-7-5-11-27-18/h4-7,10-12,17H,1-3,8-9,13-15H2,(H,22,24)/t17-/m0/s1. The minimum atomic E-state index is -3.54. The van der Waals surface area contributed by atoms with E-state index in [0.29, 0.717) is 17.3 Å². The minimum Gasteiger partial charge on any atom is -0.352 e. The lowest BCUT2D eigenvalue weighted by atomic mass is 9.67. The van der Waals surface area contributed by atoms with Crippen LogP contribution in [0.4, 0.5) is 0 Å². The van der Waals surface area contributed by atoms with E-state index in [4.69, 9.17) is 0 Å². The van der Waals surface area contributed by atoms with Gasteiger partial charge in [-0.1, -0.05) is 31.4 Å². The number of carbonyl (C=O) groups excluding carboxylic acids is 1. The van der Waals surface area contributed by atoms with Gasteiger partial charge in [0.25, 0.3) is 10.0 Å². The predicted molar refractivity (Wildman–Crippen MR) is 108 cm³/mol. The summed E-state index contributed by atoms with van der Waals surface area (Å²) in [4.78, 5) is 17.2. The molecule has 2 fully saturated rings. The van der Waals surface area contributed by atoms with Crippen molar-refractivity contribution in [2.75, 3.05) is 13.1 Å². The molecular formula is C20H25N3O3S2. The van der Waals surface area contributed by atoms with Crippen LogP contribution in [0, 0.1) is 11.3 Å². The molecule has 1 spiro atoms. The molecule has 2 aromatic rings. The Kier molecular flexibility index (Phi) is 5.53. The average Bonchev–Trinajstić information content (AvgIpc) is 3.37. The average molecular weight is 420 g/mol. The highest BCUT2D eigenvalue weighted by molar-refractivity contribution is 7.91. The molecule has 1 aliphatic carbocycles. The number of amides is 1. The van der Waals surface area contributed by atoms with Crippen molar-refractivity contribution in [3.05, 3.63) is 47.6 Å². The second-order valence-electron chi connectivity index (χ2n) is 7.78. The molecule has 28 heavy (non-hydrogen) atoms. The molecule has 1 N–H and O–H groups in total. The lowest BCUT2D eigenvalue weighted by molar-refractivity contribution is -0.128. The van der Waals surface area contributed by atoms with Crippen molar-refractivity contribution in [1.29, 1.82) is 0 Å². The first-order chi connectivity index (χ1) is 13.5. The number of nitrogens with one attached hydrogen (secondary N) is 1. The third-order valence-electron chi connectivity index (χ3n) is 6.06. The van der Waals surface area contributed by atoms with Crippen LogP contribution in [0.3, 0.4) is 0 Å². The molecule has 3 heterocycles. The Balaban J connectivity index is 1.54. The van der Waals surface area contributed by atoms with Gasteiger partial charge in [0, 0.05) is 32.0 Å². The summed E-state index contributed by atoms with van der Waals surface area (Å²) in [7, 11) is -3.54. The van der Waals surface area contributed by atoms with Gasteiger partial charge in [0.2, 0.25) is 5.91 Å². The van der Waals surface area contributed by atoms with E-state index in [0.717, 1.165) is 37.7 Å². The number of rotatable bonds is 5.